The molecule has 2 heterocycles. The van der Waals surface area contributed by atoms with Crippen LogP contribution in [0.3, 0.4) is 0 Å². The van der Waals surface area contributed by atoms with E-state index in [2.05, 4.69) is 55.3 Å². The van der Waals surface area contributed by atoms with E-state index in [-0.39, 0.29) is 11.9 Å². The van der Waals surface area contributed by atoms with Crippen molar-refractivity contribution < 1.29 is 4.79 Å². The van der Waals surface area contributed by atoms with E-state index in [1.807, 2.05) is 16.6 Å². The first-order valence-electron chi connectivity index (χ1n) is 10.7. The highest BCUT2D eigenvalue weighted by Crippen LogP contribution is 2.17. The lowest BCUT2D eigenvalue weighted by atomic mass is 10.0. The zero-order chi connectivity index (χ0) is 20.7. The molecule has 7 nitrogen and oxygen atoms in total. The standard InChI is InChI=1S/C21H38N6O/c1-7-22-21(23-12-11-20(28)27-13-9-8-10-16(27)3)24-15(2)14-19-17(4)25-26(6)18(19)5/h15-16H,7-14H2,1-6H3,(H2,22,23,24). The van der Waals surface area contributed by atoms with Gasteiger partial charge in [0.2, 0.25) is 5.91 Å². The van der Waals surface area contributed by atoms with E-state index in [9.17, 15) is 4.79 Å². The fourth-order valence-electron chi connectivity index (χ4n) is 3.90. The number of carbonyl (C=O) groups is 1. The number of aromatic nitrogens is 2. The van der Waals surface area contributed by atoms with E-state index in [0.29, 0.717) is 19.0 Å². The number of aliphatic imine (C=N–C) groups is 1. The average molecular weight is 391 g/mol. The largest absolute Gasteiger partial charge is 0.357 e. The van der Waals surface area contributed by atoms with Crippen LogP contribution in [0.15, 0.2) is 4.99 Å². The van der Waals surface area contributed by atoms with E-state index in [1.54, 1.807) is 0 Å². The Kier molecular flexibility index (Phi) is 8.33. The van der Waals surface area contributed by atoms with Crippen molar-refractivity contribution in [2.24, 2.45) is 12.0 Å². The first-order chi connectivity index (χ1) is 13.3. The second-order valence-electron chi connectivity index (χ2n) is 7.97. The van der Waals surface area contributed by atoms with Gasteiger partial charge in [0.05, 0.1) is 12.2 Å². The predicted octanol–water partition coefficient (Wildman–Crippen LogP) is 2.31. The Hall–Kier alpha value is -2.05. The maximum atomic E-state index is 12.5. The number of nitrogens with one attached hydrogen (secondary N) is 2. The molecule has 0 aromatic carbocycles. The highest BCUT2D eigenvalue weighted by atomic mass is 16.2. The molecule has 0 aliphatic carbocycles. The molecule has 28 heavy (non-hydrogen) atoms. The predicted molar refractivity (Wildman–Crippen MR) is 115 cm³/mol. The van der Waals surface area contributed by atoms with E-state index in [0.717, 1.165) is 44.0 Å². The maximum Gasteiger partial charge on any atom is 0.224 e. The van der Waals surface area contributed by atoms with Gasteiger partial charge in [0, 0.05) is 44.3 Å². The number of carbonyl (C=O) groups excluding carboxylic acids is 1. The quantitative estimate of drug-likeness (QED) is 0.553. The maximum absolute atomic E-state index is 12.5. The summed E-state index contributed by atoms with van der Waals surface area (Å²) in [5.74, 6) is 0.996. The Labute approximate surface area is 170 Å². The highest BCUT2D eigenvalue weighted by Gasteiger charge is 2.22. The molecule has 158 valence electrons. The number of hydrogen-bond donors (Lipinski definition) is 2. The van der Waals surface area contributed by atoms with Crippen LogP contribution >= 0.6 is 0 Å². The molecule has 1 aliphatic rings. The van der Waals surface area contributed by atoms with Crippen molar-refractivity contribution in [3.63, 3.8) is 0 Å². The van der Waals surface area contributed by atoms with E-state index in [4.69, 9.17) is 0 Å². The summed E-state index contributed by atoms with van der Waals surface area (Å²) >= 11 is 0. The monoisotopic (exact) mass is 390 g/mol. The van der Waals surface area contributed by atoms with Crippen LogP contribution in [0.5, 0.6) is 0 Å². The summed E-state index contributed by atoms with van der Waals surface area (Å²) in [4.78, 5) is 19.1. The van der Waals surface area contributed by atoms with E-state index >= 15 is 0 Å². The molecule has 0 spiro atoms. The number of amides is 1. The molecule has 2 atom stereocenters. The summed E-state index contributed by atoms with van der Waals surface area (Å²) in [5.41, 5.74) is 3.57. The molecule has 1 aromatic heterocycles. The van der Waals surface area contributed by atoms with Gasteiger partial charge in [-0.25, -0.2) is 0 Å². The van der Waals surface area contributed by atoms with Crippen molar-refractivity contribution in [3.05, 3.63) is 17.0 Å². The minimum absolute atomic E-state index is 0.220. The van der Waals surface area contributed by atoms with Gasteiger partial charge in [-0.3, -0.25) is 14.5 Å². The molecule has 0 bridgehead atoms. The second-order valence-corrected chi connectivity index (χ2v) is 7.97. The highest BCUT2D eigenvalue weighted by molar-refractivity contribution is 5.81. The van der Waals surface area contributed by atoms with Gasteiger partial charge in [-0.05, 0) is 65.9 Å². The van der Waals surface area contributed by atoms with Gasteiger partial charge < -0.3 is 15.5 Å². The zero-order valence-electron chi connectivity index (χ0n) is 18.5. The minimum Gasteiger partial charge on any atom is -0.357 e. The number of likely N-dealkylation sites (tertiary alicyclic amines) is 1. The Morgan fingerprint density at radius 3 is 2.71 bits per heavy atom. The van der Waals surface area contributed by atoms with Crippen LogP contribution in [-0.2, 0) is 18.3 Å². The fourth-order valence-corrected chi connectivity index (χ4v) is 3.90. The number of nitrogens with zero attached hydrogens (tertiary/aromatic N) is 4. The van der Waals surface area contributed by atoms with Gasteiger partial charge in [0.25, 0.3) is 0 Å². The molecule has 1 aromatic rings. The lowest BCUT2D eigenvalue weighted by molar-refractivity contribution is -0.134. The van der Waals surface area contributed by atoms with Crippen LogP contribution in [0, 0.1) is 13.8 Å². The summed E-state index contributed by atoms with van der Waals surface area (Å²) in [6.45, 7) is 12.7. The molecular formula is C21H38N6O. The minimum atomic E-state index is 0.220. The van der Waals surface area contributed by atoms with E-state index in [1.165, 1.54) is 17.7 Å². The third-order valence-electron chi connectivity index (χ3n) is 5.62. The summed E-state index contributed by atoms with van der Waals surface area (Å²) in [7, 11) is 1.98. The Bertz CT molecular complexity index is 681. The van der Waals surface area contributed by atoms with Crippen LogP contribution in [0.25, 0.3) is 0 Å². The van der Waals surface area contributed by atoms with Crippen LogP contribution in [-0.4, -0.2) is 58.3 Å². The fraction of sp³-hybridized carbons (Fsp3) is 0.762. The topological polar surface area (TPSA) is 74.6 Å². The van der Waals surface area contributed by atoms with Crippen LogP contribution in [0.2, 0.25) is 0 Å². The Morgan fingerprint density at radius 1 is 1.36 bits per heavy atom. The summed E-state index contributed by atoms with van der Waals surface area (Å²) in [6, 6.07) is 0.583. The Balaban J connectivity index is 1.89. The van der Waals surface area contributed by atoms with Crippen molar-refractivity contribution in [2.75, 3.05) is 19.6 Å². The Morgan fingerprint density at radius 2 is 2.11 bits per heavy atom. The molecular weight excluding hydrogens is 352 g/mol. The molecule has 1 amide bonds. The lowest BCUT2D eigenvalue weighted by Crippen LogP contribution is -2.44. The molecule has 0 radical (unpaired) electrons. The smallest absolute Gasteiger partial charge is 0.224 e. The third-order valence-corrected chi connectivity index (χ3v) is 5.62. The van der Waals surface area contributed by atoms with Crippen molar-refractivity contribution in [2.45, 2.75) is 78.8 Å². The number of guanidine groups is 1. The summed E-state index contributed by atoms with van der Waals surface area (Å²) in [6.07, 6.45) is 4.82. The van der Waals surface area contributed by atoms with Gasteiger partial charge in [-0.15, -0.1) is 0 Å². The zero-order valence-corrected chi connectivity index (χ0v) is 18.5. The van der Waals surface area contributed by atoms with Crippen molar-refractivity contribution in [1.29, 1.82) is 0 Å². The first kappa shape index (κ1) is 22.2. The molecule has 2 N–H and O–H groups in total. The average Bonchev–Trinajstić information content (AvgIpc) is 2.88. The van der Waals surface area contributed by atoms with E-state index < -0.39 is 0 Å². The number of rotatable bonds is 7. The first-order valence-corrected chi connectivity index (χ1v) is 10.7. The lowest BCUT2D eigenvalue weighted by Gasteiger charge is -2.33. The normalized spacial score (nSPS) is 18.9. The number of aryl methyl sites for hydroxylation is 2. The SMILES string of the molecule is CCNC(=NCCC(=O)N1CCCCC1C)NC(C)Cc1c(C)nn(C)c1C. The molecule has 1 aliphatic heterocycles. The molecule has 2 rings (SSSR count). The third kappa shape index (κ3) is 5.97. The van der Waals surface area contributed by atoms with Crippen molar-refractivity contribution >= 4 is 11.9 Å². The van der Waals surface area contributed by atoms with Crippen molar-refractivity contribution in [3.8, 4) is 0 Å². The molecule has 1 saturated heterocycles. The molecule has 1 fully saturated rings. The van der Waals surface area contributed by atoms with Gasteiger partial charge in [0.15, 0.2) is 5.96 Å². The number of piperidine rings is 1. The van der Waals surface area contributed by atoms with Gasteiger partial charge in [-0.1, -0.05) is 0 Å². The van der Waals surface area contributed by atoms with Crippen LogP contribution in [0.1, 0.15) is 63.4 Å². The van der Waals surface area contributed by atoms with Crippen LogP contribution in [0.4, 0.5) is 0 Å². The summed E-state index contributed by atoms with van der Waals surface area (Å²) < 4.78 is 1.93. The van der Waals surface area contributed by atoms with Crippen LogP contribution < -0.4 is 10.6 Å². The number of hydrogen-bond acceptors (Lipinski definition) is 3. The van der Waals surface area contributed by atoms with Crippen molar-refractivity contribution in [1.82, 2.24) is 25.3 Å². The van der Waals surface area contributed by atoms with Gasteiger partial charge in [-0.2, -0.15) is 5.10 Å². The summed E-state index contributed by atoms with van der Waals surface area (Å²) in [5, 5.41) is 11.3. The molecule has 7 heteroatoms. The molecule has 2 unspecified atom stereocenters. The van der Waals surface area contributed by atoms with Gasteiger partial charge >= 0.3 is 0 Å². The van der Waals surface area contributed by atoms with Gasteiger partial charge in [0.1, 0.15) is 0 Å². The second kappa shape index (κ2) is 10.5. The molecule has 0 saturated carbocycles.